The fraction of sp³-hybridized carbons (Fsp3) is 0.571. The standard InChI is InChI=1S/C14H21N3O3.ClH/c1-10-4-8-20-12(10)14(19)17-7-2-3-11(9-17)13(18)16-6-5-15;/h4,8,11H,2-3,5-7,9,15H2,1H3,(H,16,18);1H. The fourth-order valence-electron chi connectivity index (χ4n) is 2.45. The van der Waals surface area contributed by atoms with Crippen LogP contribution in [0.2, 0.25) is 0 Å². The maximum Gasteiger partial charge on any atom is 0.289 e. The first-order valence-electron chi connectivity index (χ1n) is 6.94. The SMILES string of the molecule is Cc1ccoc1C(=O)N1CCCC(C(=O)NCCN)C1.Cl. The van der Waals surface area contributed by atoms with Gasteiger partial charge in [-0.1, -0.05) is 0 Å². The van der Waals surface area contributed by atoms with E-state index < -0.39 is 0 Å². The highest BCUT2D eigenvalue weighted by Crippen LogP contribution is 2.20. The number of halogens is 1. The topological polar surface area (TPSA) is 88.6 Å². The predicted octanol–water partition coefficient (Wildman–Crippen LogP) is 0.937. The number of nitrogens with one attached hydrogen (secondary N) is 1. The van der Waals surface area contributed by atoms with Gasteiger partial charge in [-0.3, -0.25) is 9.59 Å². The minimum Gasteiger partial charge on any atom is -0.459 e. The molecule has 2 rings (SSSR count). The Hall–Kier alpha value is -1.53. The molecule has 1 fully saturated rings. The number of nitrogens with two attached hydrogens (primary N) is 1. The maximum absolute atomic E-state index is 12.3. The molecular formula is C14H22ClN3O3. The molecule has 0 aliphatic carbocycles. The second-order valence-corrected chi connectivity index (χ2v) is 5.10. The summed E-state index contributed by atoms with van der Waals surface area (Å²) in [5, 5.41) is 2.78. The Bertz CT molecular complexity index is 490. The molecule has 6 nitrogen and oxygen atoms in total. The molecule has 0 radical (unpaired) electrons. The molecule has 0 bridgehead atoms. The van der Waals surface area contributed by atoms with Crippen LogP contribution >= 0.6 is 12.4 Å². The number of rotatable bonds is 4. The molecule has 0 aromatic carbocycles. The molecule has 1 unspecified atom stereocenters. The Balaban J connectivity index is 0.00000220. The third-order valence-corrected chi connectivity index (χ3v) is 3.58. The van der Waals surface area contributed by atoms with Crippen LogP contribution in [-0.4, -0.2) is 42.9 Å². The molecule has 1 aliphatic heterocycles. The van der Waals surface area contributed by atoms with E-state index in [1.165, 1.54) is 6.26 Å². The molecule has 1 atom stereocenters. The van der Waals surface area contributed by atoms with Crippen LogP contribution in [0.25, 0.3) is 0 Å². The average molecular weight is 316 g/mol. The molecule has 21 heavy (non-hydrogen) atoms. The van der Waals surface area contributed by atoms with E-state index in [4.69, 9.17) is 10.2 Å². The summed E-state index contributed by atoms with van der Waals surface area (Å²) in [5.74, 6) is 0.0514. The first-order valence-corrected chi connectivity index (χ1v) is 6.94. The fourth-order valence-corrected chi connectivity index (χ4v) is 2.45. The summed E-state index contributed by atoms with van der Waals surface area (Å²) in [6.07, 6.45) is 3.14. The molecule has 3 N–H and O–H groups in total. The second kappa shape index (κ2) is 8.05. The molecule has 2 heterocycles. The highest BCUT2D eigenvalue weighted by Gasteiger charge is 2.30. The molecule has 118 valence electrons. The summed E-state index contributed by atoms with van der Waals surface area (Å²) in [5.41, 5.74) is 6.19. The van der Waals surface area contributed by atoms with Gasteiger partial charge in [0, 0.05) is 31.7 Å². The minimum atomic E-state index is -0.158. The Morgan fingerprint density at radius 3 is 2.90 bits per heavy atom. The first kappa shape index (κ1) is 17.5. The van der Waals surface area contributed by atoms with Crippen LogP contribution < -0.4 is 11.1 Å². The lowest BCUT2D eigenvalue weighted by molar-refractivity contribution is -0.126. The summed E-state index contributed by atoms with van der Waals surface area (Å²) in [7, 11) is 0. The van der Waals surface area contributed by atoms with Crippen LogP contribution in [0.3, 0.4) is 0 Å². The summed E-state index contributed by atoms with van der Waals surface area (Å²) >= 11 is 0. The lowest BCUT2D eigenvalue weighted by Gasteiger charge is -2.31. The van der Waals surface area contributed by atoms with E-state index in [2.05, 4.69) is 5.32 Å². The van der Waals surface area contributed by atoms with Gasteiger partial charge in [-0.25, -0.2) is 0 Å². The Labute approximate surface area is 130 Å². The summed E-state index contributed by atoms with van der Waals surface area (Å²) < 4.78 is 5.23. The van der Waals surface area contributed by atoms with Crippen LogP contribution in [0.1, 0.15) is 29.0 Å². The van der Waals surface area contributed by atoms with E-state index in [1.807, 2.05) is 6.92 Å². The quantitative estimate of drug-likeness (QED) is 0.865. The summed E-state index contributed by atoms with van der Waals surface area (Å²) in [6.45, 7) is 3.84. The lowest BCUT2D eigenvalue weighted by atomic mass is 9.96. The molecular weight excluding hydrogens is 294 g/mol. The maximum atomic E-state index is 12.3. The Morgan fingerprint density at radius 1 is 1.52 bits per heavy atom. The van der Waals surface area contributed by atoms with E-state index in [1.54, 1.807) is 11.0 Å². The normalized spacial score (nSPS) is 18.0. The van der Waals surface area contributed by atoms with Crippen molar-refractivity contribution in [1.82, 2.24) is 10.2 Å². The largest absolute Gasteiger partial charge is 0.459 e. The van der Waals surface area contributed by atoms with Crippen LogP contribution in [0.4, 0.5) is 0 Å². The molecule has 1 saturated heterocycles. The van der Waals surface area contributed by atoms with Crippen molar-refractivity contribution in [3.63, 3.8) is 0 Å². The number of piperidine rings is 1. The number of nitrogens with zero attached hydrogens (tertiary/aromatic N) is 1. The van der Waals surface area contributed by atoms with Crippen LogP contribution in [0.5, 0.6) is 0 Å². The van der Waals surface area contributed by atoms with E-state index >= 15 is 0 Å². The van der Waals surface area contributed by atoms with Gasteiger partial charge in [0.25, 0.3) is 5.91 Å². The van der Waals surface area contributed by atoms with Gasteiger partial charge in [-0.05, 0) is 25.8 Å². The third-order valence-electron chi connectivity index (χ3n) is 3.58. The van der Waals surface area contributed by atoms with Crippen molar-refractivity contribution in [1.29, 1.82) is 0 Å². The van der Waals surface area contributed by atoms with Gasteiger partial charge >= 0.3 is 0 Å². The average Bonchev–Trinajstić information content (AvgIpc) is 2.90. The molecule has 1 aromatic rings. The smallest absolute Gasteiger partial charge is 0.289 e. The number of hydrogen-bond acceptors (Lipinski definition) is 4. The predicted molar refractivity (Wildman–Crippen MR) is 81.4 cm³/mol. The summed E-state index contributed by atoms with van der Waals surface area (Å²) in [6, 6.07) is 1.77. The monoisotopic (exact) mass is 315 g/mol. The Morgan fingerprint density at radius 2 is 2.29 bits per heavy atom. The number of carbonyl (C=O) groups is 2. The third kappa shape index (κ3) is 4.22. The van der Waals surface area contributed by atoms with Crippen molar-refractivity contribution in [2.45, 2.75) is 19.8 Å². The van der Waals surface area contributed by atoms with Crippen molar-refractivity contribution in [2.75, 3.05) is 26.2 Å². The van der Waals surface area contributed by atoms with Gasteiger partial charge in [0.05, 0.1) is 12.2 Å². The molecule has 1 aliphatic rings. The van der Waals surface area contributed by atoms with Gasteiger partial charge in [0.2, 0.25) is 5.91 Å². The van der Waals surface area contributed by atoms with E-state index in [0.29, 0.717) is 31.9 Å². The van der Waals surface area contributed by atoms with Gasteiger partial charge in [0.1, 0.15) is 0 Å². The highest BCUT2D eigenvalue weighted by atomic mass is 35.5. The molecule has 7 heteroatoms. The van der Waals surface area contributed by atoms with Crippen molar-refractivity contribution < 1.29 is 14.0 Å². The molecule has 2 amide bonds. The van der Waals surface area contributed by atoms with Gasteiger partial charge < -0.3 is 20.4 Å². The molecule has 0 saturated carbocycles. The van der Waals surface area contributed by atoms with Gasteiger partial charge in [-0.15, -0.1) is 12.4 Å². The molecule has 0 spiro atoms. The van der Waals surface area contributed by atoms with Crippen molar-refractivity contribution in [3.8, 4) is 0 Å². The van der Waals surface area contributed by atoms with Crippen molar-refractivity contribution >= 4 is 24.2 Å². The second-order valence-electron chi connectivity index (χ2n) is 5.10. The first-order chi connectivity index (χ1) is 9.63. The minimum absolute atomic E-state index is 0. The summed E-state index contributed by atoms with van der Waals surface area (Å²) in [4.78, 5) is 26.0. The van der Waals surface area contributed by atoms with Crippen molar-refractivity contribution in [3.05, 3.63) is 23.7 Å². The van der Waals surface area contributed by atoms with E-state index in [9.17, 15) is 9.59 Å². The zero-order chi connectivity index (χ0) is 14.5. The number of carbonyl (C=O) groups excluding carboxylic acids is 2. The van der Waals surface area contributed by atoms with Crippen LogP contribution in [0, 0.1) is 12.8 Å². The number of amides is 2. The lowest BCUT2D eigenvalue weighted by Crippen LogP contribution is -2.46. The number of hydrogen-bond donors (Lipinski definition) is 2. The van der Waals surface area contributed by atoms with E-state index in [-0.39, 0.29) is 30.1 Å². The van der Waals surface area contributed by atoms with Gasteiger partial charge in [0.15, 0.2) is 5.76 Å². The van der Waals surface area contributed by atoms with Gasteiger partial charge in [-0.2, -0.15) is 0 Å². The van der Waals surface area contributed by atoms with E-state index in [0.717, 1.165) is 18.4 Å². The zero-order valence-electron chi connectivity index (χ0n) is 12.1. The number of likely N-dealkylation sites (tertiary alicyclic amines) is 1. The molecule has 1 aromatic heterocycles. The van der Waals surface area contributed by atoms with Crippen molar-refractivity contribution in [2.24, 2.45) is 11.7 Å². The Kier molecular flexibility index (Phi) is 6.71. The van der Waals surface area contributed by atoms with Crippen LogP contribution in [0.15, 0.2) is 16.7 Å². The number of aryl methyl sites for hydroxylation is 1. The number of furan rings is 1. The highest BCUT2D eigenvalue weighted by molar-refractivity contribution is 5.93. The zero-order valence-corrected chi connectivity index (χ0v) is 12.9. The van der Waals surface area contributed by atoms with Crippen LogP contribution in [-0.2, 0) is 4.79 Å².